The second-order valence-electron chi connectivity index (χ2n) is 5.30. The van der Waals surface area contributed by atoms with E-state index in [1.54, 1.807) is 0 Å². The Morgan fingerprint density at radius 3 is 2.71 bits per heavy atom. The molecule has 3 heteroatoms. The number of nitrogens with zero attached hydrogens (tertiary/aromatic N) is 1. The summed E-state index contributed by atoms with van der Waals surface area (Å²) in [5, 5.41) is 0. The van der Waals surface area contributed by atoms with E-state index in [0.717, 1.165) is 26.0 Å². The van der Waals surface area contributed by atoms with Gasteiger partial charge in [0.05, 0.1) is 5.60 Å². The van der Waals surface area contributed by atoms with Crippen molar-refractivity contribution in [1.29, 1.82) is 0 Å². The largest absolute Gasteiger partial charge is 0.375 e. The van der Waals surface area contributed by atoms with Crippen molar-refractivity contribution < 1.29 is 4.74 Å². The van der Waals surface area contributed by atoms with Gasteiger partial charge in [-0.15, -0.1) is 0 Å². The first-order valence-electron chi connectivity index (χ1n) is 5.70. The molecule has 0 aromatic rings. The van der Waals surface area contributed by atoms with Gasteiger partial charge in [0.1, 0.15) is 0 Å². The van der Waals surface area contributed by atoms with E-state index in [1.165, 1.54) is 13.0 Å². The lowest BCUT2D eigenvalue weighted by atomic mass is 9.93. The third-order valence-corrected chi connectivity index (χ3v) is 3.44. The van der Waals surface area contributed by atoms with Crippen molar-refractivity contribution in [2.24, 2.45) is 5.73 Å². The van der Waals surface area contributed by atoms with Gasteiger partial charge in [-0.3, -0.25) is 4.90 Å². The lowest BCUT2D eigenvalue weighted by Gasteiger charge is -2.39. The minimum Gasteiger partial charge on any atom is -0.375 e. The van der Waals surface area contributed by atoms with E-state index in [9.17, 15) is 0 Å². The third-order valence-electron chi connectivity index (χ3n) is 3.44. The van der Waals surface area contributed by atoms with Gasteiger partial charge in [-0.1, -0.05) is 0 Å². The van der Waals surface area contributed by atoms with Crippen molar-refractivity contribution in [2.45, 2.75) is 50.8 Å². The Labute approximate surface area is 86.6 Å². The van der Waals surface area contributed by atoms with Crippen molar-refractivity contribution in [3.63, 3.8) is 0 Å². The summed E-state index contributed by atoms with van der Waals surface area (Å²) in [6.45, 7) is 7.55. The summed E-state index contributed by atoms with van der Waals surface area (Å²) in [5.41, 5.74) is 5.99. The Kier molecular flexibility index (Phi) is 2.82. The molecular formula is C11H22N2O. The molecule has 2 unspecified atom stereocenters. The Hall–Kier alpha value is -0.120. The molecule has 0 amide bonds. The van der Waals surface area contributed by atoms with Gasteiger partial charge in [0.15, 0.2) is 0 Å². The molecule has 0 radical (unpaired) electrons. The van der Waals surface area contributed by atoms with Crippen LogP contribution in [0.25, 0.3) is 0 Å². The number of ether oxygens (including phenoxy) is 1. The van der Waals surface area contributed by atoms with Crippen molar-refractivity contribution in [3.05, 3.63) is 0 Å². The lowest BCUT2D eigenvalue weighted by molar-refractivity contribution is -0.0803. The SMILES string of the molecule is CC1(C)CC(N2CCC(N)C2)CCO1. The molecule has 3 nitrogen and oxygen atoms in total. The quantitative estimate of drug-likeness (QED) is 0.682. The Morgan fingerprint density at radius 2 is 2.14 bits per heavy atom. The molecule has 14 heavy (non-hydrogen) atoms. The van der Waals surface area contributed by atoms with Crippen LogP contribution in [0.15, 0.2) is 0 Å². The van der Waals surface area contributed by atoms with E-state index >= 15 is 0 Å². The van der Waals surface area contributed by atoms with E-state index in [0.29, 0.717) is 12.1 Å². The van der Waals surface area contributed by atoms with Crippen molar-refractivity contribution in [2.75, 3.05) is 19.7 Å². The first-order valence-corrected chi connectivity index (χ1v) is 5.70. The Bertz CT molecular complexity index is 205. The number of nitrogens with two attached hydrogens (primary N) is 1. The minimum atomic E-state index is 0.0651. The fourth-order valence-electron chi connectivity index (χ4n) is 2.66. The van der Waals surface area contributed by atoms with Gasteiger partial charge in [0, 0.05) is 31.8 Å². The van der Waals surface area contributed by atoms with Gasteiger partial charge in [-0.05, 0) is 33.1 Å². The highest BCUT2D eigenvalue weighted by Crippen LogP contribution is 2.28. The first kappa shape index (κ1) is 10.4. The van der Waals surface area contributed by atoms with Crippen LogP contribution in [-0.2, 0) is 4.74 Å². The van der Waals surface area contributed by atoms with Gasteiger partial charge in [0.2, 0.25) is 0 Å². The van der Waals surface area contributed by atoms with Crippen molar-refractivity contribution in [3.8, 4) is 0 Å². The monoisotopic (exact) mass is 198 g/mol. The standard InChI is InChI=1S/C11H22N2O/c1-11(2)7-10(4-6-14-11)13-5-3-9(12)8-13/h9-10H,3-8,12H2,1-2H3. The molecule has 2 heterocycles. The zero-order valence-corrected chi connectivity index (χ0v) is 9.33. The van der Waals surface area contributed by atoms with Crippen LogP contribution in [0.4, 0.5) is 0 Å². The molecule has 0 bridgehead atoms. The zero-order valence-electron chi connectivity index (χ0n) is 9.33. The molecule has 2 fully saturated rings. The molecule has 2 rings (SSSR count). The van der Waals surface area contributed by atoms with E-state index in [-0.39, 0.29) is 5.60 Å². The van der Waals surface area contributed by atoms with Crippen LogP contribution in [0.1, 0.15) is 33.1 Å². The van der Waals surface area contributed by atoms with E-state index < -0.39 is 0 Å². The summed E-state index contributed by atoms with van der Waals surface area (Å²) in [5.74, 6) is 0. The summed E-state index contributed by atoms with van der Waals surface area (Å²) in [7, 11) is 0. The summed E-state index contributed by atoms with van der Waals surface area (Å²) in [4.78, 5) is 2.55. The molecule has 0 aromatic heterocycles. The fraction of sp³-hybridized carbons (Fsp3) is 1.00. The molecule has 0 spiro atoms. The maximum absolute atomic E-state index is 5.93. The van der Waals surface area contributed by atoms with Crippen LogP contribution in [-0.4, -0.2) is 42.3 Å². The van der Waals surface area contributed by atoms with Crippen LogP contribution < -0.4 is 5.73 Å². The molecular weight excluding hydrogens is 176 g/mol. The van der Waals surface area contributed by atoms with Crippen LogP contribution in [0.2, 0.25) is 0 Å². The highest BCUT2D eigenvalue weighted by Gasteiger charge is 2.34. The topological polar surface area (TPSA) is 38.5 Å². The Morgan fingerprint density at radius 1 is 1.36 bits per heavy atom. The average molecular weight is 198 g/mol. The molecule has 2 N–H and O–H groups in total. The predicted molar refractivity (Wildman–Crippen MR) is 57.2 cm³/mol. The highest BCUT2D eigenvalue weighted by molar-refractivity contribution is 4.89. The summed E-state index contributed by atoms with van der Waals surface area (Å²) in [6.07, 6.45) is 3.49. The maximum Gasteiger partial charge on any atom is 0.0641 e. The number of hydrogen-bond acceptors (Lipinski definition) is 3. The van der Waals surface area contributed by atoms with E-state index in [4.69, 9.17) is 10.5 Å². The lowest BCUT2D eigenvalue weighted by Crippen LogP contribution is -2.45. The predicted octanol–water partition coefficient (Wildman–Crippen LogP) is 0.977. The second kappa shape index (κ2) is 3.80. The highest BCUT2D eigenvalue weighted by atomic mass is 16.5. The van der Waals surface area contributed by atoms with E-state index in [2.05, 4.69) is 18.7 Å². The third kappa shape index (κ3) is 2.27. The van der Waals surface area contributed by atoms with Gasteiger partial charge < -0.3 is 10.5 Å². The van der Waals surface area contributed by atoms with Gasteiger partial charge in [-0.2, -0.15) is 0 Å². The van der Waals surface area contributed by atoms with Crippen LogP contribution in [0, 0.1) is 0 Å². The molecule has 0 aromatic carbocycles. The van der Waals surface area contributed by atoms with Crippen LogP contribution >= 0.6 is 0 Å². The smallest absolute Gasteiger partial charge is 0.0641 e. The Balaban J connectivity index is 1.91. The molecule has 2 atom stereocenters. The van der Waals surface area contributed by atoms with Crippen LogP contribution in [0.3, 0.4) is 0 Å². The summed E-state index contributed by atoms with van der Waals surface area (Å²) >= 11 is 0. The molecule has 2 aliphatic heterocycles. The normalized spacial score (nSPS) is 38.8. The molecule has 0 aliphatic carbocycles. The average Bonchev–Trinajstić information content (AvgIpc) is 2.50. The minimum absolute atomic E-state index is 0.0651. The molecule has 2 aliphatic rings. The van der Waals surface area contributed by atoms with Crippen molar-refractivity contribution in [1.82, 2.24) is 4.90 Å². The maximum atomic E-state index is 5.93. The van der Waals surface area contributed by atoms with Gasteiger partial charge >= 0.3 is 0 Å². The van der Waals surface area contributed by atoms with Crippen LogP contribution in [0.5, 0.6) is 0 Å². The summed E-state index contributed by atoms with van der Waals surface area (Å²) < 4.78 is 5.72. The summed E-state index contributed by atoms with van der Waals surface area (Å²) in [6, 6.07) is 1.10. The second-order valence-corrected chi connectivity index (χ2v) is 5.30. The molecule has 82 valence electrons. The van der Waals surface area contributed by atoms with Gasteiger partial charge in [0.25, 0.3) is 0 Å². The van der Waals surface area contributed by atoms with Gasteiger partial charge in [-0.25, -0.2) is 0 Å². The molecule has 2 saturated heterocycles. The van der Waals surface area contributed by atoms with E-state index in [1.807, 2.05) is 0 Å². The fourth-order valence-corrected chi connectivity index (χ4v) is 2.66. The zero-order chi connectivity index (χ0) is 10.2. The number of rotatable bonds is 1. The van der Waals surface area contributed by atoms with Crippen molar-refractivity contribution >= 4 is 0 Å². The number of likely N-dealkylation sites (tertiary alicyclic amines) is 1. The first-order chi connectivity index (χ1) is 6.57. The number of hydrogen-bond donors (Lipinski definition) is 1. The molecule has 0 saturated carbocycles.